The van der Waals surface area contributed by atoms with E-state index in [9.17, 15) is 0 Å². The second kappa shape index (κ2) is 14.4. The fraction of sp³-hybridized carbons (Fsp3) is 0.722. The Morgan fingerprint density at radius 1 is 0.857 bits per heavy atom. The van der Waals surface area contributed by atoms with Crippen LogP contribution >= 0.6 is 11.8 Å². The van der Waals surface area contributed by atoms with Gasteiger partial charge in [-0.1, -0.05) is 45.4 Å². The van der Waals surface area contributed by atoms with E-state index in [0.717, 1.165) is 0 Å². The molecule has 0 aliphatic heterocycles. The highest BCUT2D eigenvalue weighted by molar-refractivity contribution is 7.99. The van der Waals surface area contributed by atoms with Gasteiger partial charge in [-0.15, -0.1) is 11.8 Å². The van der Waals surface area contributed by atoms with Crippen LogP contribution in [0.5, 0.6) is 0 Å². The van der Waals surface area contributed by atoms with Crippen molar-refractivity contribution in [3.05, 3.63) is 24.5 Å². The number of thioether (sulfide) groups is 1. The third-order valence-electron chi connectivity index (χ3n) is 3.62. The second-order valence-corrected chi connectivity index (χ2v) is 6.78. The molecule has 0 aliphatic rings. The van der Waals surface area contributed by atoms with Gasteiger partial charge < -0.3 is 5.32 Å². The van der Waals surface area contributed by atoms with Crippen LogP contribution in [0, 0.1) is 0 Å². The molecule has 1 N–H and O–H groups in total. The lowest BCUT2D eigenvalue weighted by molar-refractivity contribution is 0.557. The number of hydrogen-bond acceptors (Lipinski definition) is 3. The quantitative estimate of drug-likeness (QED) is 0.373. The molecule has 0 saturated heterocycles. The lowest BCUT2D eigenvalue weighted by Gasteiger charge is -2.05. The van der Waals surface area contributed by atoms with E-state index in [2.05, 4.69) is 29.4 Å². The van der Waals surface area contributed by atoms with E-state index in [1.165, 1.54) is 81.5 Å². The second-order valence-electron chi connectivity index (χ2n) is 5.61. The van der Waals surface area contributed by atoms with Gasteiger partial charge in [0.25, 0.3) is 0 Å². The summed E-state index contributed by atoms with van der Waals surface area (Å²) in [4.78, 5) is 5.38. The fourth-order valence-corrected chi connectivity index (χ4v) is 3.21. The number of hydrogen-bond donors (Lipinski definition) is 1. The van der Waals surface area contributed by atoms with Crippen molar-refractivity contribution < 1.29 is 0 Å². The highest BCUT2D eigenvalue weighted by atomic mass is 32.2. The maximum Gasteiger partial charge on any atom is 0.0278 e. The molecule has 0 fully saturated rings. The number of rotatable bonds is 14. The van der Waals surface area contributed by atoms with Crippen molar-refractivity contribution in [2.75, 3.05) is 18.8 Å². The van der Waals surface area contributed by atoms with Crippen LogP contribution in [0.2, 0.25) is 0 Å². The van der Waals surface area contributed by atoms with E-state index in [1.807, 2.05) is 24.2 Å². The van der Waals surface area contributed by atoms with Crippen molar-refractivity contribution in [2.24, 2.45) is 0 Å². The normalized spacial score (nSPS) is 10.9. The Kier molecular flexibility index (Phi) is 12.7. The van der Waals surface area contributed by atoms with Gasteiger partial charge in [0.2, 0.25) is 0 Å². The molecule has 1 aromatic heterocycles. The number of aromatic nitrogens is 1. The Morgan fingerprint density at radius 2 is 1.48 bits per heavy atom. The summed E-state index contributed by atoms with van der Waals surface area (Å²) in [6.45, 7) is 4.67. The molecule has 120 valence electrons. The molecule has 1 heterocycles. The molecule has 0 unspecified atom stereocenters. The lowest BCUT2D eigenvalue weighted by Crippen LogP contribution is -2.16. The van der Waals surface area contributed by atoms with Gasteiger partial charge in [-0.3, -0.25) is 4.98 Å². The summed E-state index contributed by atoms with van der Waals surface area (Å²) in [7, 11) is 0. The van der Waals surface area contributed by atoms with E-state index in [-0.39, 0.29) is 0 Å². The molecule has 2 nitrogen and oxygen atoms in total. The van der Waals surface area contributed by atoms with E-state index in [1.54, 1.807) is 0 Å². The predicted octanol–water partition coefficient (Wildman–Crippen LogP) is 5.29. The van der Waals surface area contributed by atoms with Crippen LogP contribution in [0.25, 0.3) is 0 Å². The van der Waals surface area contributed by atoms with Crippen LogP contribution in [0.15, 0.2) is 29.4 Å². The van der Waals surface area contributed by atoms with Crippen LogP contribution < -0.4 is 5.32 Å². The summed E-state index contributed by atoms with van der Waals surface area (Å²) >= 11 is 1.94. The number of pyridine rings is 1. The fourth-order valence-electron chi connectivity index (χ4n) is 2.31. The minimum Gasteiger partial charge on any atom is -0.317 e. The molecule has 0 amide bonds. The van der Waals surface area contributed by atoms with Crippen molar-refractivity contribution in [2.45, 2.75) is 69.6 Å². The first kappa shape index (κ1) is 18.5. The smallest absolute Gasteiger partial charge is 0.0278 e. The summed E-state index contributed by atoms with van der Waals surface area (Å²) in [6, 6.07) is 4.18. The average molecular weight is 309 g/mol. The third kappa shape index (κ3) is 11.8. The molecule has 0 spiro atoms. The first-order chi connectivity index (χ1) is 10.4. The van der Waals surface area contributed by atoms with Crippen LogP contribution in [0.1, 0.15) is 64.7 Å². The number of nitrogens with zero attached hydrogens (tertiary/aromatic N) is 1. The summed E-state index contributed by atoms with van der Waals surface area (Å²) < 4.78 is 0. The maximum absolute atomic E-state index is 4.04. The van der Waals surface area contributed by atoms with Crippen LogP contribution in [-0.4, -0.2) is 23.8 Å². The van der Waals surface area contributed by atoms with E-state index in [4.69, 9.17) is 0 Å². The lowest BCUT2D eigenvalue weighted by atomic mass is 10.1. The molecule has 1 aromatic rings. The third-order valence-corrected chi connectivity index (χ3v) is 4.72. The zero-order chi connectivity index (χ0) is 15.0. The topological polar surface area (TPSA) is 24.9 Å². The summed E-state index contributed by atoms with van der Waals surface area (Å²) in [5.41, 5.74) is 0. The maximum atomic E-state index is 4.04. The monoisotopic (exact) mass is 308 g/mol. The molecule has 21 heavy (non-hydrogen) atoms. The molecule has 1 rings (SSSR count). The zero-order valence-electron chi connectivity index (χ0n) is 13.7. The van der Waals surface area contributed by atoms with E-state index >= 15 is 0 Å². The molecule has 3 heteroatoms. The van der Waals surface area contributed by atoms with Gasteiger partial charge in [0.1, 0.15) is 0 Å². The largest absolute Gasteiger partial charge is 0.317 e. The van der Waals surface area contributed by atoms with Crippen molar-refractivity contribution in [3.8, 4) is 0 Å². The first-order valence-electron chi connectivity index (χ1n) is 8.67. The van der Waals surface area contributed by atoms with Crippen LogP contribution in [0.3, 0.4) is 0 Å². The van der Waals surface area contributed by atoms with Gasteiger partial charge in [-0.25, -0.2) is 0 Å². The first-order valence-corrected chi connectivity index (χ1v) is 9.65. The Balaban J connectivity index is 1.75. The highest BCUT2D eigenvalue weighted by Crippen LogP contribution is 2.17. The molecule has 0 atom stereocenters. The average Bonchev–Trinajstić information content (AvgIpc) is 2.53. The molecule has 0 radical (unpaired) electrons. The predicted molar refractivity (Wildman–Crippen MR) is 95.1 cm³/mol. The molecule has 0 bridgehead atoms. The van der Waals surface area contributed by atoms with Gasteiger partial charge in [-0.2, -0.15) is 0 Å². The minimum atomic E-state index is 1.19. The van der Waals surface area contributed by atoms with Crippen molar-refractivity contribution in [1.29, 1.82) is 0 Å². The molecule has 0 aromatic carbocycles. The molecule has 0 saturated carbocycles. The minimum absolute atomic E-state index is 1.19. The summed E-state index contributed by atoms with van der Waals surface area (Å²) in [5, 5.41) is 3.57. The molecule has 0 aliphatic carbocycles. The standard InChI is InChI=1S/C18H32N2S/c1-2-3-4-5-6-8-13-19-14-9-7-10-17-21-18-11-15-20-16-12-18/h11-12,15-16,19H,2-10,13-14,17H2,1H3. The van der Waals surface area contributed by atoms with E-state index < -0.39 is 0 Å². The SMILES string of the molecule is CCCCCCCCNCCCCCSc1ccncc1. The zero-order valence-corrected chi connectivity index (χ0v) is 14.5. The summed E-state index contributed by atoms with van der Waals surface area (Å²) in [6.07, 6.45) is 16.0. The Bertz CT molecular complexity index is 316. The Morgan fingerprint density at radius 3 is 2.19 bits per heavy atom. The summed E-state index contributed by atoms with van der Waals surface area (Å²) in [5.74, 6) is 1.22. The molecular weight excluding hydrogens is 276 g/mol. The molecular formula is C18H32N2S. The van der Waals surface area contributed by atoms with Crippen molar-refractivity contribution >= 4 is 11.8 Å². The van der Waals surface area contributed by atoms with Crippen LogP contribution in [-0.2, 0) is 0 Å². The number of nitrogens with one attached hydrogen (secondary N) is 1. The van der Waals surface area contributed by atoms with Gasteiger partial charge in [-0.05, 0) is 50.2 Å². The number of unbranched alkanes of at least 4 members (excludes halogenated alkanes) is 7. The Hall–Kier alpha value is -0.540. The Labute approximate surface area is 135 Å². The van der Waals surface area contributed by atoms with Gasteiger partial charge in [0.15, 0.2) is 0 Å². The van der Waals surface area contributed by atoms with Gasteiger partial charge >= 0.3 is 0 Å². The van der Waals surface area contributed by atoms with Crippen LogP contribution in [0.4, 0.5) is 0 Å². The highest BCUT2D eigenvalue weighted by Gasteiger charge is 1.94. The van der Waals surface area contributed by atoms with Gasteiger partial charge in [0, 0.05) is 17.3 Å². The van der Waals surface area contributed by atoms with Gasteiger partial charge in [0.05, 0.1) is 0 Å². The van der Waals surface area contributed by atoms with Crippen molar-refractivity contribution in [3.63, 3.8) is 0 Å². The van der Waals surface area contributed by atoms with E-state index in [0.29, 0.717) is 0 Å². The van der Waals surface area contributed by atoms with Crippen molar-refractivity contribution in [1.82, 2.24) is 10.3 Å².